The number of amides is 3. The standard InChI is InChI=1S/C31H47N5O5S/c1-20(32-2)30(38)34-28(22-11-5-4-6-12-22)31(39)35-17-16-26-29(35)23(19-36(26)42(3,40)41)18-27(37)33-25-15-9-13-21-10-7-8-14-24(21)25/h7-8,10,14,20,22-23,25-26,28-29,32H,4-6,9,11-13,15-19H2,1-3H3,(H,33,37)(H,34,38)/t20-,23-,25?,26+,28-,29?/m0/s1. The van der Waals surface area contributed by atoms with Crippen molar-refractivity contribution in [3.8, 4) is 0 Å². The highest BCUT2D eigenvalue weighted by Crippen LogP contribution is 2.40. The largest absolute Gasteiger partial charge is 0.349 e. The Labute approximate surface area is 250 Å². The van der Waals surface area contributed by atoms with Gasteiger partial charge in [-0.3, -0.25) is 14.4 Å². The summed E-state index contributed by atoms with van der Waals surface area (Å²) in [4.78, 5) is 42.5. The van der Waals surface area contributed by atoms with E-state index in [4.69, 9.17) is 0 Å². The maximum atomic E-state index is 14.3. The number of fused-ring (bicyclic) bond motifs is 2. The number of hydrogen-bond donors (Lipinski definition) is 3. The van der Waals surface area contributed by atoms with Gasteiger partial charge in [-0.2, -0.15) is 4.31 Å². The van der Waals surface area contributed by atoms with Crippen molar-refractivity contribution in [1.29, 1.82) is 0 Å². The number of nitrogens with one attached hydrogen (secondary N) is 3. The summed E-state index contributed by atoms with van der Waals surface area (Å²) >= 11 is 0. The lowest BCUT2D eigenvalue weighted by Crippen LogP contribution is -2.57. The highest BCUT2D eigenvalue weighted by atomic mass is 32.2. The molecule has 6 atom stereocenters. The van der Waals surface area contributed by atoms with E-state index in [1.54, 1.807) is 18.9 Å². The van der Waals surface area contributed by atoms with Crippen LogP contribution in [0.25, 0.3) is 0 Å². The summed E-state index contributed by atoms with van der Waals surface area (Å²) in [6.07, 6.45) is 9.66. The average Bonchev–Trinajstić information content (AvgIpc) is 3.57. The molecule has 42 heavy (non-hydrogen) atoms. The minimum atomic E-state index is -3.53. The Kier molecular flexibility index (Phi) is 9.59. The number of likely N-dealkylation sites (tertiary alicyclic amines) is 1. The minimum Gasteiger partial charge on any atom is -0.349 e. The van der Waals surface area contributed by atoms with Gasteiger partial charge >= 0.3 is 0 Å². The van der Waals surface area contributed by atoms with Crippen LogP contribution in [0.5, 0.6) is 0 Å². The second-order valence-electron chi connectivity index (χ2n) is 12.8. The van der Waals surface area contributed by atoms with Gasteiger partial charge in [0.25, 0.3) is 0 Å². The zero-order valence-electron chi connectivity index (χ0n) is 25.2. The molecular weight excluding hydrogens is 554 g/mol. The predicted octanol–water partition coefficient (Wildman–Crippen LogP) is 2.10. The molecule has 11 heteroatoms. The molecule has 0 aromatic heterocycles. The van der Waals surface area contributed by atoms with Crippen LogP contribution in [0, 0.1) is 11.8 Å². The number of hydrogen-bond acceptors (Lipinski definition) is 6. The van der Waals surface area contributed by atoms with Gasteiger partial charge in [0, 0.05) is 31.5 Å². The highest BCUT2D eigenvalue weighted by molar-refractivity contribution is 7.88. The monoisotopic (exact) mass is 601 g/mol. The molecule has 2 aliphatic carbocycles. The molecule has 4 aliphatic rings. The van der Waals surface area contributed by atoms with Crippen LogP contribution in [-0.2, 0) is 30.8 Å². The first-order valence-electron chi connectivity index (χ1n) is 15.7. The fourth-order valence-corrected chi connectivity index (χ4v) is 9.00. The van der Waals surface area contributed by atoms with E-state index in [0.29, 0.717) is 13.0 Å². The molecule has 2 saturated heterocycles. The maximum Gasteiger partial charge on any atom is 0.245 e. The number of rotatable bonds is 9. The van der Waals surface area contributed by atoms with Gasteiger partial charge in [-0.15, -0.1) is 0 Å². The lowest BCUT2D eigenvalue weighted by Gasteiger charge is -2.36. The molecule has 3 fully saturated rings. The lowest BCUT2D eigenvalue weighted by atomic mass is 9.82. The van der Waals surface area contributed by atoms with E-state index in [2.05, 4.69) is 28.1 Å². The lowest BCUT2D eigenvalue weighted by molar-refractivity contribution is -0.140. The van der Waals surface area contributed by atoms with Crippen molar-refractivity contribution >= 4 is 27.7 Å². The van der Waals surface area contributed by atoms with E-state index in [9.17, 15) is 22.8 Å². The van der Waals surface area contributed by atoms with Crippen LogP contribution in [0.1, 0.15) is 81.9 Å². The van der Waals surface area contributed by atoms with Crippen molar-refractivity contribution in [2.24, 2.45) is 11.8 Å². The normalized spacial score (nSPS) is 28.0. The van der Waals surface area contributed by atoms with Crippen LogP contribution in [-0.4, -0.2) is 85.9 Å². The Balaban J connectivity index is 1.36. The Morgan fingerprint density at radius 1 is 1.02 bits per heavy atom. The summed E-state index contributed by atoms with van der Waals surface area (Å²) in [5, 5.41) is 9.23. The molecule has 3 amide bonds. The van der Waals surface area contributed by atoms with Crippen molar-refractivity contribution < 1.29 is 22.8 Å². The van der Waals surface area contributed by atoms with Gasteiger partial charge in [0.05, 0.1) is 24.4 Å². The molecule has 2 heterocycles. The molecule has 1 aromatic carbocycles. The molecule has 232 valence electrons. The Hall–Kier alpha value is -2.50. The van der Waals surface area contributed by atoms with Crippen LogP contribution in [0.15, 0.2) is 24.3 Å². The first-order valence-corrected chi connectivity index (χ1v) is 17.6. The predicted molar refractivity (Wildman–Crippen MR) is 161 cm³/mol. The van der Waals surface area contributed by atoms with E-state index in [-0.39, 0.29) is 54.6 Å². The van der Waals surface area contributed by atoms with Crippen molar-refractivity contribution in [2.75, 3.05) is 26.4 Å². The summed E-state index contributed by atoms with van der Waals surface area (Å²) in [6, 6.07) is 6.27. The van der Waals surface area contributed by atoms with E-state index in [1.165, 1.54) is 16.1 Å². The number of benzene rings is 1. The maximum absolute atomic E-state index is 14.3. The summed E-state index contributed by atoms with van der Waals surface area (Å²) in [5.74, 6) is -0.763. The number of likely N-dealkylation sites (N-methyl/N-ethyl adjacent to an activating group) is 1. The van der Waals surface area contributed by atoms with Gasteiger partial charge in [-0.1, -0.05) is 43.5 Å². The van der Waals surface area contributed by atoms with Gasteiger partial charge in [0.1, 0.15) is 6.04 Å². The van der Waals surface area contributed by atoms with Gasteiger partial charge < -0.3 is 20.9 Å². The van der Waals surface area contributed by atoms with E-state index < -0.39 is 28.1 Å². The molecule has 2 aliphatic heterocycles. The van der Waals surface area contributed by atoms with Crippen molar-refractivity contribution in [1.82, 2.24) is 25.2 Å². The SMILES string of the molecule is CN[C@@H](C)C(=O)N[C@H](C(=O)N1CC[C@@H]2C1[C@@H](CC(=O)NC1CCCc3ccccc31)CN2S(C)(=O)=O)C1CCCCC1. The molecule has 0 spiro atoms. The van der Waals surface area contributed by atoms with Crippen LogP contribution < -0.4 is 16.0 Å². The number of carbonyl (C=O) groups is 3. The molecule has 2 unspecified atom stereocenters. The minimum absolute atomic E-state index is 0.0406. The van der Waals surface area contributed by atoms with Crippen molar-refractivity contribution in [3.05, 3.63) is 35.4 Å². The first-order chi connectivity index (χ1) is 20.1. The van der Waals surface area contributed by atoms with Gasteiger partial charge in [-0.25, -0.2) is 8.42 Å². The van der Waals surface area contributed by atoms with Crippen LogP contribution in [0.2, 0.25) is 0 Å². The summed E-state index contributed by atoms with van der Waals surface area (Å²) in [6.45, 7) is 2.39. The van der Waals surface area contributed by atoms with Crippen molar-refractivity contribution in [2.45, 2.75) is 101 Å². The summed E-state index contributed by atoms with van der Waals surface area (Å²) in [5.41, 5.74) is 2.41. The number of nitrogens with zero attached hydrogens (tertiary/aromatic N) is 2. The zero-order chi connectivity index (χ0) is 30.0. The van der Waals surface area contributed by atoms with Crippen LogP contribution in [0.3, 0.4) is 0 Å². The topological polar surface area (TPSA) is 128 Å². The highest BCUT2D eigenvalue weighted by Gasteiger charge is 2.54. The smallest absolute Gasteiger partial charge is 0.245 e. The molecule has 1 saturated carbocycles. The molecule has 10 nitrogen and oxygen atoms in total. The van der Waals surface area contributed by atoms with Crippen molar-refractivity contribution in [3.63, 3.8) is 0 Å². The quantitative estimate of drug-likeness (QED) is 0.398. The van der Waals surface area contributed by atoms with Crippen LogP contribution in [0.4, 0.5) is 0 Å². The first kappa shape index (κ1) is 30.9. The third-order valence-electron chi connectivity index (χ3n) is 10.1. The van der Waals surface area contributed by atoms with Crippen LogP contribution >= 0.6 is 0 Å². The Bertz CT molecular complexity index is 1270. The fraction of sp³-hybridized carbons (Fsp3) is 0.710. The summed E-state index contributed by atoms with van der Waals surface area (Å²) in [7, 11) is -1.82. The molecule has 0 bridgehead atoms. The number of carbonyl (C=O) groups excluding carboxylic acids is 3. The molecule has 1 aromatic rings. The Morgan fingerprint density at radius 2 is 1.76 bits per heavy atom. The van der Waals surface area contributed by atoms with E-state index in [0.717, 1.165) is 56.9 Å². The van der Waals surface area contributed by atoms with Gasteiger partial charge in [0.2, 0.25) is 27.7 Å². The van der Waals surface area contributed by atoms with Gasteiger partial charge in [0.15, 0.2) is 0 Å². The third kappa shape index (κ3) is 6.53. The Morgan fingerprint density at radius 3 is 2.48 bits per heavy atom. The zero-order valence-corrected chi connectivity index (χ0v) is 26.0. The second kappa shape index (κ2) is 13.0. The number of aryl methyl sites for hydroxylation is 1. The number of sulfonamides is 1. The molecule has 5 rings (SSSR count). The summed E-state index contributed by atoms with van der Waals surface area (Å²) < 4.78 is 27.2. The molecule has 0 radical (unpaired) electrons. The average molecular weight is 602 g/mol. The van der Waals surface area contributed by atoms with E-state index >= 15 is 0 Å². The van der Waals surface area contributed by atoms with E-state index in [1.807, 2.05) is 12.1 Å². The molecule has 3 N–H and O–H groups in total. The second-order valence-corrected chi connectivity index (χ2v) is 14.7. The third-order valence-corrected chi connectivity index (χ3v) is 11.3. The van der Waals surface area contributed by atoms with Gasteiger partial charge in [-0.05, 0) is 69.5 Å². The molecular formula is C31H47N5O5S. The fourth-order valence-electron chi connectivity index (χ4n) is 7.81.